The monoisotopic (exact) mass is 357 g/mol. The third kappa shape index (κ3) is 4.22. The molecule has 0 unspecified atom stereocenters. The van der Waals surface area contributed by atoms with E-state index in [1.54, 1.807) is 24.0 Å². The molecule has 2 heterocycles. The number of urea groups is 1. The van der Waals surface area contributed by atoms with Gasteiger partial charge in [0.1, 0.15) is 11.5 Å². The molecular formula is C19H23N3O4. The van der Waals surface area contributed by atoms with Gasteiger partial charge in [0.25, 0.3) is 0 Å². The normalized spacial score (nSPS) is 16.5. The molecule has 1 saturated heterocycles. The maximum absolute atomic E-state index is 12.6. The van der Waals surface area contributed by atoms with Gasteiger partial charge in [0.2, 0.25) is 0 Å². The summed E-state index contributed by atoms with van der Waals surface area (Å²) in [6.45, 7) is 4.68. The Morgan fingerprint density at radius 3 is 2.77 bits per heavy atom. The summed E-state index contributed by atoms with van der Waals surface area (Å²) in [6, 6.07) is 8.86. The van der Waals surface area contributed by atoms with Crippen molar-refractivity contribution in [3.8, 4) is 0 Å². The number of carbonyl (C=O) groups excluding carboxylic acids is 2. The van der Waals surface area contributed by atoms with Crippen molar-refractivity contribution in [1.82, 2.24) is 10.1 Å². The van der Waals surface area contributed by atoms with Gasteiger partial charge in [-0.05, 0) is 44.4 Å². The van der Waals surface area contributed by atoms with E-state index in [0.29, 0.717) is 18.8 Å². The second-order valence-electron chi connectivity index (χ2n) is 6.32. The number of ether oxygens (including phenoxy) is 1. The molecule has 1 fully saturated rings. The molecule has 138 valence electrons. The minimum absolute atomic E-state index is 0.0597. The lowest BCUT2D eigenvalue weighted by Gasteiger charge is -2.23. The van der Waals surface area contributed by atoms with Gasteiger partial charge < -0.3 is 19.5 Å². The van der Waals surface area contributed by atoms with Crippen molar-refractivity contribution < 1.29 is 18.8 Å². The third-order valence-corrected chi connectivity index (χ3v) is 4.36. The van der Waals surface area contributed by atoms with Gasteiger partial charge in [0.05, 0.1) is 19.1 Å². The Labute approximate surface area is 152 Å². The van der Waals surface area contributed by atoms with E-state index in [9.17, 15) is 9.59 Å². The summed E-state index contributed by atoms with van der Waals surface area (Å²) >= 11 is 0. The van der Waals surface area contributed by atoms with Crippen LogP contribution in [0.1, 0.15) is 42.8 Å². The summed E-state index contributed by atoms with van der Waals surface area (Å²) in [6.07, 6.45) is 2.03. The molecule has 1 atom stereocenters. The second kappa shape index (κ2) is 8.03. The van der Waals surface area contributed by atoms with Crippen LogP contribution in [0.2, 0.25) is 0 Å². The number of esters is 1. The third-order valence-electron chi connectivity index (χ3n) is 4.36. The van der Waals surface area contributed by atoms with Crippen molar-refractivity contribution in [2.75, 3.05) is 18.5 Å². The lowest BCUT2D eigenvalue weighted by Crippen LogP contribution is -2.34. The molecule has 7 nitrogen and oxygen atoms in total. The molecule has 1 aliphatic heterocycles. The molecule has 0 spiro atoms. The molecule has 7 heteroatoms. The van der Waals surface area contributed by atoms with Crippen molar-refractivity contribution in [3.05, 3.63) is 47.3 Å². The maximum Gasteiger partial charge on any atom is 0.322 e. The zero-order chi connectivity index (χ0) is 18.5. The standard InChI is InChI=1S/C19H23N3O4/c1-3-25-18(23)12-14-6-8-15(9-7-14)20-19(24)22-10-4-5-17(22)16-11-13(2)26-21-16/h6-9,11,17H,3-5,10,12H2,1-2H3,(H,20,24)/t17-/m1/s1. The van der Waals surface area contributed by atoms with E-state index < -0.39 is 0 Å². The first-order chi connectivity index (χ1) is 12.6. The number of amides is 2. The van der Waals surface area contributed by atoms with Crippen LogP contribution in [0.5, 0.6) is 0 Å². The molecule has 2 aromatic rings. The molecule has 0 radical (unpaired) electrons. The topological polar surface area (TPSA) is 84.7 Å². The molecule has 2 amide bonds. The highest BCUT2D eigenvalue weighted by Gasteiger charge is 2.32. The largest absolute Gasteiger partial charge is 0.466 e. The van der Waals surface area contributed by atoms with E-state index in [-0.39, 0.29) is 24.5 Å². The molecule has 0 bridgehead atoms. The summed E-state index contributed by atoms with van der Waals surface area (Å²) < 4.78 is 10.1. The quantitative estimate of drug-likeness (QED) is 0.829. The molecule has 26 heavy (non-hydrogen) atoms. The first kappa shape index (κ1) is 18.0. The van der Waals surface area contributed by atoms with E-state index in [4.69, 9.17) is 9.26 Å². The van der Waals surface area contributed by atoms with Gasteiger partial charge in [0, 0.05) is 18.3 Å². The Bertz CT molecular complexity index is 769. The van der Waals surface area contributed by atoms with Gasteiger partial charge in [-0.3, -0.25) is 4.79 Å². The summed E-state index contributed by atoms with van der Waals surface area (Å²) in [5.74, 6) is 0.483. The van der Waals surface area contributed by atoms with Crippen molar-refractivity contribution in [3.63, 3.8) is 0 Å². The van der Waals surface area contributed by atoms with Gasteiger partial charge in [-0.25, -0.2) is 4.79 Å². The number of anilines is 1. The molecule has 1 aliphatic rings. The van der Waals surface area contributed by atoms with Crippen molar-refractivity contribution in [2.24, 2.45) is 0 Å². The predicted molar refractivity (Wildman–Crippen MR) is 95.7 cm³/mol. The van der Waals surface area contributed by atoms with Crippen LogP contribution in [0.15, 0.2) is 34.9 Å². The average molecular weight is 357 g/mol. The Kier molecular flexibility index (Phi) is 5.55. The summed E-state index contributed by atoms with van der Waals surface area (Å²) in [5, 5.41) is 6.96. The molecule has 0 aliphatic carbocycles. The van der Waals surface area contributed by atoms with Crippen LogP contribution in [0, 0.1) is 6.92 Å². The summed E-state index contributed by atoms with van der Waals surface area (Å²) in [5.41, 5.74) is 2.32. The molecular weight excluding hydrogens is 334 g/mol. The Balaban J connectivity index is 1.61. The lowest BCUT2D eigenvalue weighted by molar-refractivity contribution is -0.142. The second-order valence-corrected chi connectivity index (χ2v) is 6.32. The lowest BCUT2D eigenvalue weighted by atomic mass is 10.1. The number of aryl methyl sites for hydroxylation is 1. The van der Waals surface area contributed by atoms with Crippen LogP contribution in [0.3, 0.4) is 0 Å². The van der Waals surface area contributed by atoms with Crippen LogP contribution < -0.4 is 5.32 Å². The zero-order valence-corrected chi connectivity index (χ0v) is 15.0. The predicted octanol–water partition coefficient (Wildman–Crippen LogP) is 3.46. The first-order valence-corrected chi connectivity index (χ1v) is 8.82. The number of aromatic nitrogens is 1. The van der Waals surface area contributed by atoms with Gasteiger partial charge in [-0.2, -0.15) is 0 Å². The maximum atomic E-state index is 12.6. The van der Waals surface area contributed by atoms with Crippen LogP contribution in [0.4, 0.5) is 10.5 Å². The number of nitrogens with one attached hydrogen (secondary N) is 1. The first-order valence-electron chi connectivity index (χ1n) is 8.82. The van der Waals surface area contributed by atoms with Crippen LogP contribution in [-0.4, -0.2) is 35.2 Å². The van der Waals surface area contributed by atoms with Gasteiger partial charge in [-0.15, -0.1) is 0 Å². The Hall–Kier alpha value is -2.83. The van der Waals surface area contributed by atoms with E-state index in [2.05, 4.69) is 10.5 Å². The number of carbonyl (C=O) groups is 2. The Morgan fingerprint density at radius 2 is 2.12 bits per heavy atom. The van der Waals surface area contributed by atoms with Crippen LogP contribution in [-0.2, 0) is 16.0 Å². The number of hydrogen-bond donors (Lipinski definition) is 1. The van der Waals surface area contributed by atoms with E-state index >= 15 is 0 Å². The fourth-order valence-electron chi connectivity index (χ4n) is 3.14. The minimum Gasteiger partial charge on any atom is -0.466 e. The number of likely N-dealkylation sites (tertiary alicyclic amines) is 1. The summed E-state index contributed by atoms with van der Waals surface area (Å²) in [7, 11) is 0. The number of benzene rings is 1. The molecule has 0 saturated carbocycles. The van der Waals surface area contributed by atoms with E-state index in [1.165, 1.54) is 0 Å². The fourth-order valence-corrected chi connectivity index (χ4v) is 3.14. The highest BCUT2D eigenvalue weighted by molar-refractivity contribution is 5.89. The molecule has 1 N–H and O–H groups in total. The Morgan fingerprint density at radius 1 is 1.35 bits per heavy atom. The number of nitrogens with zero attached hydrogens (tertiary/aromatic N) is 2. The molecule has 1 aromatic carbocycles. The van der Waals surface area contributed by atoms with Gasteiger partial charge in [0.15, 0.2) is 0 Å². The number of rotatable bonds is 5. The van der Waals surface area contributed by atoms with Crippen molar-refractivity contribution >= 4 is 17.7 Å². The van der Waals surface area contributed by atoms with Crippen LogP contribution >= 0.6 is 0 Å². The van der Waals surface area contributed by atoms with E-state index in [1.807, 2.05) is 25.1 Å². The highest BCUT2D eigenvalue weighted by Crippen LogP contribution is 2.32. The smallest absolute Gasteiger partial charge is 0.322 e. The van der Waals surface area contributed by atoms with Crippen molar-refractivity contribution in [1.29, 1.82) is 0 Å². The SMILES string of the molecule is CCOC(=O)Cc1ccc(NC(=O)N2CCC[C@@H]2c2cc(C)on2)cc1. The van der Waals surface area contributed by atoms with Gasteiger partial charge in [-0.1, -0.05) is 17.3 Å². The van der Waals surface area contributed by atoms with Crippen molar-refractivity contribution in [2.45, 2.75) is 39.2 Å². The van der Waals surface area contributed by atoms with Crippen LogP contribution in [0.25, 0.3) is 0 Å². The number of hydrogen-bond acceptors (Lipinski definition) is 5. The van der Waals surface area contributed by atoms with E-state index in [0.717, 1.165) is 29.9 Å². The minimum atomic E-state index is -0.257. The molecule has 1 aromatic heterocycles. The average Bonchev–Trinajstić information content (AvgIpc) is 3.25. The highest BCUT2D eigenvalue weighted by atomic mass is 16.5. The summed E-state index contributed by atoms with van der Waals surface area (Å²) in [4.78, 5) is 25.9. The van der Waals surface area contributed by atoms with Gasteiger partial charge >= 0.3 is 12.0 Å². The zero-order valence-electron chi connectivity index (χ0n) is 15.0. The molecule has 3 rings (SSSR count). The fraction of sp³-hybridized carbons (Fsp3) is 0.421.